The van der Waals surface area contributed by atoms with Crippen LogP contribution in [-0.4, -0.2) is 24.9 Å². The Bertz CT molecular complexity index is 554. The lowest BCUT2D eigenvalue weighted by Crippen LogP contribution is -2.41. The highest BCUT2D eigenvalue weighted by atomic mass is 19.4. The zero-order valence-electron chi connectivity index (χ0n) is 14.1. The van der Waals surface area contributed by atoms with Crippen LogP contribution in [0.2, 0.25) is 0 Å². The monoisotopic (exact) mass is 330 g/mol. The molecular formula is C16H22BF3O3. The van der Waals surface area contributed by atoms with Gasteiger partial charge >= 0.3 is 13.3 Å². The molecule has 0 spiro atoms. The van der Waals surface area contributed by atoms with Gasteiger partial charge in [-0.05, 0) is 51.7 Å². The topological polar surface area (TPSA) is 27.7 Å². The molecule has 0 radical (unpaired) electrons. The second-order valence-electron chi connectivity index (χ2n) is 6.69. The minimum Gasteiger partial charge on any atom is -0.493 e. The summed E-state index contributed by atoms with van der Waals surface area (Å²) < 4.78 is 56.7. The van der Waals surface area contributed by atoms with Gasteiger partial charge < -0.3 is 14.0 Å². The molecule has 0 unspecified atom stereocenters. The molecule has 3 nitrogen and oxygen atoms in total. The lowest BCUT2D eigenvalue weighted by Gasteiger charge is -2.32. The van der Waals surface area contributed by atoms with Gasteiger partial charge in [-0.3, -0.25) is 0 Å². The predicted molar refractivity (Wildman–Crippen MR) is 82.9 cm³/mol. The quantitative estimate of drug-likeness (QED) is 0.786. The molecule has 0 bridgehead atoms. The van der Waals surface area contributed by atoms with Gasteiger partial charge in [-0.1, -0.05) is 13.0 Å². The van der Waals surface area contributed by atoms with E-state index in [1.165, 1.54) is 6.07 Å². The largest absolute Gasteiger partial charge is 0.494 e. The van der Waals surface area contributed by atoms with E-state index >= 15 is 0 Å². The highest BCUT2D eigenvalue weighted by molar-refractivity contribution is 6.62. The number of halogens is 3. The molecule has 0 aliphatic carbocycles. The fourth-order valence-corrected chi connectivity index (χ4v) is 2.23. The van der Waals surface area contributed by atoms with E-state index in [2.05, 4.69) is 0 Å². The van der Waals surface area contributed by atoms with Crippen molar-refractivity contribution < 1.29 is 27.2 Å². The second-order valence-corrected chi connectivity index (χ2v) is 6.69. The molecule has 0 N–H and O–H groups in total. The van der Waals surface area contributed by atoms with Crippen LogP contribution in [0.15, 0.2) is 18.2 Å². The SMILES string of the molecule is CCCOc1ccc(B2OC(C)(C)C(C)(C)O2)cc1C(F)(F)F. The maximum Gasteiger partial charge on any atom is 0.494 e. The summed E-state index contributed by atoms with van der Waals surface area (Å²) in [5.41, 5.74) is -1.68. The van der Waals surface area contributed by atoms with Crippen molar-refractivity contribution in [2.24, 2.45) is 0 Å². The molecule has 1 aromatic carbocycles. The van der Waals surface area contributed by atoms with Gasteiger partial charge in [0.05, 0.1) is 23.4 Å². The first-order valence-corrected chi connectivity index (χ1v) is 7.67. The number of alkyl halides is 3. The van der Waals surface area contributed by atoms with Gasteiger partial charge in [0, 0.05) is 0 Å². The summed E-state index contributed by atoms with van der Waals surface area (Å²) in [5.74, 6) is -0.167. The Morgan fingerprint density at radius 3 is 2.13 bits per heavy atom. The van der Waals surface area contributed by atoms with Crippen molar-refractivity contribution in [1.29, 1.82) is 0 Å². The fourth-order valence-electron chi connectivity index (χ4n) is 2.23. The number of hydrogen-bond donors (Lipinski definition) is 0. The molecule has 7 heteroatoms. The van der Waals surface area contributed by atoms with E-state index in [9.17, 15) is 13.2 Å². The van der Waals surface area contributed by atoms with Gasteiger partial charge in [0.1, 0.15) is 5.75 Å². The first kappa shape index (κ1) is 18.1. The maximum absolute atomic E-state index is 13.3. The first-order valence-electron chi connectivity index (χ1n) is 7.67. The number of rotatable bonds is 4. The number of benzene rings is 1. The molecule has 0 amide bonds. The van der Waals surface area contributed by atoms with Gasteiger partial charge in [0.2, 0.25) is 0 Å². The van der Waals surface area contributed by atoms with Gasteiger partial charge in [0.25, 0.3) is 0 Å². The van der Waals surface area contributed by atoms with E-state index < -0.39 is 30.1 Å². The van der Waals surface area contributed by atoms with Crippen LogP contribution in [0.5, 0.6) is 5.75 Å². The van der Waals surface area contributed by atoms with Crippen LogP contribution >= 0.6 is 0 Å². The summed E-state index contributed by atoms with van der Waals surface area (Å²) in [6, 6.07) is 3.94. The molecule has 1 aliphatic rings. The molecule has 0 aromatic heterocycles. The summed E-state index contributed by atoms with van der Waals surface area (Å²) in [5, 5.41) is 0. The maximum atomic E-state index is 13.3. The third-order valence-corrected chi connectivity index (χ3v) is 4.30. The summed E-state index contributed by atoms with van der Waals surface area (Å²) in [4.78, 5) is 0. The standard InChI is InChI=1S/C16H22BF3O3/c1-6-9-21-13-8-7-11(10-12(13)16(18,19)20)17-22-14(2,3)15(4,5)23-17/h7-8,10H,6,9H2,1-5H3. The van der Waals surface area contributed by atoms with Crippen molar-refractivity contribution in [3.8, 4) is 5.75 Å². The summed E-state index contributed by atoms with van der Waals surface area (Å²) in [7, 11) is -0.832. The molecule has 1 heterocycles. The van der Waals surface area contributed by atoms with Crippen LogP contribution in [0, 0.1) is 0 Å². The van der Waals surface area contributed by atoms with Crippen molar-refractivity contribution in [2.45, 2.75) is 58.4 Å². The molecule has 1 aliphatic heterocycles. The van der Waals surface area contributed by atoms with Gasteiger partial charge in [-0.15, -0.1) is 0 Å². The van der Waals surface area contributed by atoms with Crippen molar-refractivity contribution in [3.05, 3.63) is 23.8 Å². The summed E-state index contributed by atoms with van der Waals surface area (Å²) in [6.07, 6.45) is -3.86. The highest BCUT2D eigenvalue weighted by Crippen LogP contribution is 2.39. The van der Waals surface area contributed by atoms with Crippen molar-refractivity contribution in [1.82, 2.24) is 0 Å². The van der Waals surface area contributed by atoms with Crippen molar-refractivity contribution in [3.63, 3.8) is 0 Å². The lowest BCUT2D eigenvalue weighted by molar-refractivity contribution is -0.138. The van der Waals surface area contributed by atoms with Crippen LogP contribution in [-0.2, 0) is 15.5 Å². The third kappa shape index (κ3) is 3.66. The fraction of sp³-hybridized carbons (Fsp3) is 0.625. The van der Waals surface area contributed by atoms with Gasteiger partial charge in [-0.25, -0.2) is 0 Å². The summed E-state index contributed by atoms with van der Waals surface area (Å²) in [6.45, 7) is 9.50. The Balaban J connectivity index is 2.35. The molecule has 128 valence electrons. The first-order chi connectivity index (χ1) is 10.5. The van der Waals surface area contributed by atoms with Crippen LogP contribution in [0.25, 0.3) is 0 Å². The van der Waals surface area contributed by atoms with Crippen LogP contribution in [0.3, 0.4) is 0 Å². The lowest BCUT2D eigenvalue weighted by atomic mass is 9.78. The average molecular weight is 330 g/mol. The molecule has 2 rings (SSSR count). The molecule has 1 aromatic rings. The Morgan fingerprint density at radius 1 is 1.09 bits per heavy atom. The Hall–Kier alpha value is -1.21. The molecule has 1 saturated heterocycles. The molecule has 23 heavy (non-hydrogen) atoms. The minimum atomic E-state index is -4.50. The zero-order valence-corrected chi connectivity index (χ0v) is 14.1. The molecule has 1 fully saturated rings. The molecule has 0 atom stereocenters. The predicted octanol–water partition coefficient (Wildman–Crippen LogP) is 3.79. The van der Waals surface area contributed by atoms with E-state index in [1.807, 2.05) is 34.6 Å². The normalized spacial score (nSPS) is 19.9. The van der Waals surface area contributed by atoms with Crippen molar-refractivity contribution >= 4 is 12.6 Å². The van der Waals surface area contributed by atoms with Crippen LogP contribution in [0.1, 0.15) is 46.6 Å². The Kier molecular flexibility index (Phi) is 4.75. The van der Waals surface area contributed by atoms with Crippen molar-refractivity contribution in [2.75, 3.05) is 6.61 Å². The van der Waals surface area contributed by atoms with E-state index in [4.69, 9.17) is 14.0 Å². The smallest absolute Gasteiger partial charge is 0.493 e. The highest BCUT2D eigenvalue weighted by Gasteiger charge is 2.52. The van der Waals surface area contributed by atoms with E-state index in [1.54, 1.807) is 6.07 Å². The van der Waals surface area contributed by atoms with Crippen LogP contribution < -0.4 is 10.2 Å². The summed E-state index contributed by atoms with van der Waals surface area (Å²) >= 11 is 0. The number of hydrogen-bond acceptors (Lipinski definition) is 3. The van der Waals surface area contributed by atoms with Crippen LogP contribution in [0.4, 0.5) is 13.2 Å². The van der Waals surface area contributed by atoms with E-state index in [-0.39, 0.29) is 12.4 Å². The minimum absolute atomic E-state index is 0.167. The Morgan fingerprint density at radius 2 is 1.65 bits per heavy atom. The van der Waals surface area contributed by atoms with Gasteiger partial charge in [-0.2, -0.15) is 13.2 Å². The molecular weight excluding hydrogens is 308 g/mol. The Labute approximate surface area is 135 Å². The van der Waals surface area contributed by atoms with E-state index in [0.717, 1.165) is 6.07 Å². The molecule has 0 saturated carbocycles. The van der Waals surface area contributed by atoms with Gasteiger partial charge in [0.15, 0.2) is 0 Å². The second kappa shape index (κ2) is 6.02. The third-order valence-electron chi connectivity index (χ3n) is 4.30. The average Bonchev–Trinajstić information content (AvgIpc) is 2.64. The zero-order chi connectivity index (χ0) is 17.5. The number of ether oxygens (including phenoxy) is 1. The van der Waals surface area contributed by atoms with E-state index in [0.29, 0.717) is 11.9 Å².